The van der Waals surface area contributed by atoms with E-state index in [2.05, 4.69) is 53.4 Å². The van der Waals surface area contributed by atoms with E-state index in [-0.39, 0.29) is 0 Å². The van der Waals surface area contributed by atoms with E-state index in [0.29, 0.717) is 11.0 Å². The van der Waals surface area contributed by atoms with Crippen LogP contribution in [0.2, 0.25) is 18.1 Å². The van der Waals surface area contributed by atoms with Crippen LogP contribution in [-0.4, -0.2) is 14.9 Å². The van der Waals surface area contributed by atoms with Crippen LogP contribution < -0.4 is 0 Å². The van der Waals surface area contributed by atoms with Gasteiger partial charge < -0.3 is 4.43 Å². The second-order valence-electron chi connectivity index (χ2n) is 5.67. The number of rotatable bonds is 5. The van der Waals surface area contributed by atoms with Crippen molar-refractivity contribution in [3.63, 3.8) is 0 Å². The predicted molar refractivity (Wildman–Crippen MR) is 71.7 cm³/mol. The standard InChI is InChI=1S/C13H26OSi/c1-8-9-10-12(2)11-14-15(6,7)13(3,4)5/h8-10,12H,1,11H2,2-7H3/b10-9+/t12-/m1/s1. The van der Waals surface area contributed by atoms with Gasteiger partial charge in [-0.15, -0.1) is 0 Å². The smallest absolute Gasteiger partial charge is 0.192 e. The van der Waals surface area contributed by atoms with Crippen LogP contribution in [0.25, 0.3) is 0 Å². The molecule has 0 radical (unpaired) electrons. The van der Waals surface area contributed by atoms with Crippen molar-refractivity contribution in [1.29, 1.82) is 0 Å². The summed E-state index contributed by atoms with van der Waals surface area (Å²) in [5.41, 5.74) is 0. The Morgan fingerprint density at radius 3 is 2.27 bits per heavy atom. The van der Waals surface area contributed by atoms with E-state index in [1.165, 1.54) is 0 Å². The highest BCUT2D eigenvalue weighted by Crippen LogP contribution is 2.36. The molecule has 0 aromatic carbocycles. The zero-order valence-electron chi connectivity index (χ0n) is 11.1. The quantitative estimate of drug-likeness (QED) is 0.499. The average molecular weight is 226 g/mol. The van der Waals surface area contributed by atoms with Gasteiger partial charge in [0.2, 0.25) is 0 Å². The van der Waals surface area contributed by atoms with Gasteiger partial charge in [-0.25, -0.2) is 0 Å². The van der Waals surface area contributed by atoms with Crippen molar-refractivity contribution in [3.05, 3.63) is 24.8 Å². The van der Waals surface area contributed by atoms with E-state index in [4.69, 9.17) is 4.43 Å². The maximum atomic E-state index is 6.11. The van der Waals surface area contributed by atoms with Gasteiger partial charge in [0, 0.05) is 6.61 Å². The van der Waals surface area contributed by atoms with Crippen LogP contribution in [0.15, 0.2) is 24.8 Å². The first kappa shape index (κ1) is 14.7. The molecule has 0 aliphatic heterocycles. The third-order valence-electron chi connectivity index (χ3n) is 3.09. The summed E-state index contributed by atoms with van der Waals surface area (Å²) >= 11 is 0. The SMILES string of the molecule is C=C/C=C/[C@@H](C)CO[Si](C)(C)C(C)(C)C. The fourth-order valence-corrected chi connectivity index (χ4v) is 1.99. The lowest BCUT2D eigenvalue weighted by atomic mass is 10.2. The van der Waals surface area contributed by atoms with E-state index in [0.717, 1.165) is 6.61 Å². The molecule has 0 heterocycles. The van der Waals surface area contributed by atoms with Crippen LogP contribution in [0.3, 0.4) is 0 Å². The topological polar surface area (TPSA) is 9.23 Å². The Bertz CT molecular complexity index is 223. The largest absolute Gasteiger partial charge is 0.416 e. The Hall–Kier alpha value is -0.343. The molecule has 0 aliphatic rings. The second kappa shape index (κ2) is 5.66. The second-order valence-corrected chi connectivity index (χ2v) is 10.5. The van der Waals surface area contributed by atoms with Gasteiger partial charge in [-0.1, -0.05) is 52.5 Å². The van der Waals surface area contributed by atoms with E-state index < -0.39 is 8.32 Å². The highest BCUT2D eigenvalue weighted by molar-refractivity contribution is 6.74. The molecule has 0 aromatic heterocycles. The zero-order valence-corrected chi connectivity index (χ0v) is 12.1. The van der Waals surface area contributed by atoms with E-state index >= 15 is 0 Å². The molecule has 0 aromatic rings. The molecule has 1 atom stereocenters. The minimum Gasteiger partial charge on any atom is -0.416 e. The summed E-state index contributed by atoms with van der Waals surface area (Å²) in [7, 11) is -1.57. The predicted octanol–water partition coefficient (Wildman–Crippen LogP) is 4.39. The molecule has 0 N–H and O–H groups in total. The molecule has 88 valence electrons. The normalized spacial score (nSPS) is 15.6. The molecule has 0 saturated heterocycles. The van der Waals surface area contributed by atoms with E-state index in [9.17, 15) is 0 Å². The molecule has 0 spiro atoms. The Morgan fingerprint density at radius 2 is 1.87 bits per heavy atom. The van der Waals surface area contributed by atoms with Crippen LogP contribution >= 0.6 is 0 Å². The maximum Gasteiger partial charge on any atom is 0.192 e. The zero-order chi connectivity index (χ0) is 12.1. The van der Waals surface area contributed by atoms with Crippen molar-refractivity contribution < 1.29 is 4.43 Å². The number of hydrogen-bond donors (Lipinski definition) is 0. The first-order chi connectivity index (χ1) is 6.70. The Balaban J connectivity index is 4.15. The van der Waals surface area contributed by atoms with E-state index in [1.807, 2.05) is 12.2 Å². The summed E-state index contributed by atoms with van der Waals surface area (Å²) in [6.45, 7) is 18.0. The van der Waals surface area contributed by atoms with Crippen LogP contribution in [-0.2, 0) is 4.43 Å². The minimum atomic E-state index is -1.57. The first-order valence-corrected chi connectivity index (χ1v) is 8.54. The molecule has 0 bridgehead atoms. The van der Waals surface area contributed by atoms with Gasteiger partial charge in [-0.05, 0) is 24.1 Å². The summed E-state index contributed by atoms with van der Waals surface area (Å²) < 4.78 is 6.11. The Labute approximate surface area is 96.4 Å². The molecular weight excluding hydrogens is 200 g/mol. The Morgan fingerprint density at radius 1 is 1.33 bits per heavy atom. The molecular formula is C13H26OSi. The van der Waals surface area contributed by atoms with Gasteiger partial charge in [-0.3, -0.25) is 0 Å². The highest BCUT2D eigenvalue weighted by atomic mass is 28.4. The molecule has 0 aliphatic carbocycles. The van der Waals surface area contributed by atoms with Crippen LogP contribution in [0.5, 0.6) is 0 Å². The summed E-state index contributed by atoms with van der Waals surface area (Å²) in [6.07, 6.45) is 5.93. The Kier molecular flexibility index (Phi) is 5.53. The van der Waals surface area contributed by atoms with E-state index in [1.54, 1.807) is 0 Å². The molecule has 2 heteroatoms. The van der Waals surface area contributed by atoms with Gasteiger partial charge in [0.15, 0.2) is 8.32 Å². The summed E-state index contributed by atoms with van der Waals surface area (Å²) in [4.78, 5) is 0. The number of hydrogen-bond acceptors (Lipinski definition) is 1. The van der Waals surface area contributed by atoms with Gasteiger partial charge >= 0.3 is 0 Å². The third kappa shape index (κ3) is 5.33. The molecule has 0 unspecified atom stereocenters. The van der Waals surface area contributed by atoms with Crippen molar-refractivity contribution in [2.45, 2.75) is 45.8 Å². The van der Waals surface area contributed by atoms with Gasteiger partial charge in [-0.2, -0.15) is 0 Å². The molecule has 0 rings (SSSR count). The van der Waals surface area contributed by atoms with Gasteiger partial charge in [0.1, 0.15) is 0 Å². The monoisotopic (exact) mass is 226 g/mol. The van der Waals surface area contributed by atoms with Crippen molar-refractivity contribution in [3.8, 4) is 0 Å². The number of allylic oxidation sites excluding steroid dienone is 2. The molecule has 0 fully saturated rings. The van der Waals surface area contributed by atoms with Crippen LogP contribution in [0, 0.1) is 5.92 Å². The highest BCUT2D eigenvalue weighted by Gasteiger charge is 2.37. The fraction of sp³-hybridized carbons (Fsp3) is 0.692. The van der Waals surface area contributed by atoms with Gasteiger partial charge in [0.25, 0.3) is 0 Å². The maximum absolute atomic E-state index is 6.11. The van der Waals surface area contributed by atoms with Crippen molar-refractivity contribution in [2.24, 2.45) is 5.92 Å². The molecule has 0 saturated carbocycles. The van der Waals surface area contributed by atoms with Crippen molar-refractivity contribution in [1.82, 2.24) is 0 Å². The summed E-state index contributed by atoms with van der Waals surface area (Å²) in [6, 6.07) is 0. The summed E-state index contributed by atoms with van der Waals surface area (Å²) in [5.74, 6) is 0.470. The van der Waals surface area contributed by atoms with Gasteiger partial charge in [0.05, 0.1) is 0 Å². The van der Waals surface area contributed by atoms with Crippen molar-refractivity contribution in [2.75, 3.05) is 6.61 Å². The average Bonchev–Trinajstić information content (AvgIpc) is 2.09. The van der Waals surface area contributed by atoms with Crippen LogP contribution in [0.1, 0.15) is 27.7 Å². The third-order valence-corrected chi connectivity index (χ3v) is 7.59. The van der Waals surface area contributed by atoms with Crippen LogP contribution in [0.4, 0.5) is 0 Å². The fourth-order valence-electron chi connectivity index (χ4n) is 0.880. The molecule has 1 nitrogen and oxygen atoms in total. The first-order valence-electron chi connectivity index (χ1n) is 5.64. The molecule has 15 heavy (non-hydrogen) atoms. The lowest BCUT2D eigenvalue weighted by molar-refractivity contribution is 0.259. The summed E-state index contributed by atoms with van der Waals surface area (Å²) in [5, 5.41) is 0.300. The lowest BCUT2D eigenvalue weighted by Crippen LogP contribution is -2.41. The molecule has 0 amide bonds. The minimum absolute atomic E-state index is 0.300. The van der Waals surface area contributed by atoms with Crippen molar-refractivity contribution >= 4 is 8.32 Å². The lowest BCUT2D eigenvalue weighted by Gasteiger charge is -2.36.